The fourth-order valence-electron chi connectivity index (χ4n) is 1.86. The molecule has 17 heavy (non-hydrogen) atoms. The summed E-state index contributed by atoms with van der Waals surface area (Å²) in [6.07, 6.45) is 4.40. The first kappa shape index (κ1) is 12.5. The quantitative estimate of drug-likeness (QED) is 0.784. The van der Waals surface area contributed by atoms with E-state index in [-0.39, 0.29) is 11.9 Å². The van der Waals surface area contributed by atoms with Crippen molar-refractivity contribution < 1.29 is 4.79 Å². The predicted octanol–water partition coefficient (Wildman–Crippen LogP) is 1.88. The van der Waals surface area contributed by atoms with Gasteiger partial charge in [-0.1, -0.05) is 0 Å². The lowest BCUT2D eigenvalue weighted by atomic mass is 10.1. The van der Waals surface area contributed by atoms with Gasteiger partial charge in [-0.2, -0.15) is 0 Å². The van der Waals surface area contributed by atoms with Crippen LogP contribution in [0.25, 0.3) is 0 Å². The van der Waals surface area contributed by atoms with Crippen LogP contribution in [0.5, 0.6) is 0 Å². The Kier molecular flexibility index (Phi) is 4.07. The third-order valence-electron chi connectivity index (χ3n) is 3.11. The molecular formula is C13H18N2OS. The van der Waals surface area contributed by atoms with Crippen molar-refractivity contribution in [2.75, 3.05) is 12.8 Å². The highest BCUT2D eigenvalue weighted by atomic mass is 32.2. The first-order valence-corrected chi connectivity index (χ1v) is 7.12. The van der Waals surface area contributed by atoms with Crippen molar-refractivity contribution in [1.82, 2.24) is 5.32 Å². The van der Waals surface area contributed by atoms with Crippen molar-refractivity contribution in [3.05, 3.63) is 29.8 Å². The minimum absolute atomic E-state index is 0.0139. The minimum Gasteiger partial charge on any atom is -0.348 e. The summed E-state index contributed by atoms with van der Waals surface area (Å²) in [6, 6.07) is 7.80. The summed E-state index contributed by atoms with van der Waals surface area (Å²) in [5.41, 5.74) is 6.38. The number of carbonyl (C=O) groups is 1. The molecule has 3 nitrogen and oxygen atoms in total. The van der Waals surface area contributed by atoms with Crippen LogP contribution in [-0.2, 0) is 0 Å². The molecule has 0 aliphatic heterocycles. The third-order valence-corrected chi connectivity index (χ3v) is 3.86. The zero-order valence-corrected chi connectivity index (χ0v) is 10.8. The first-order valence-electron chi connectivity index (χ1n) is 5.89. The lowest BCUT2D eigenvalue weighted by Crippen LogP contribution is -2.41. The van der Waals surface area contributed by atoms with Gasteiger partial charge in [0.25, 0.3) is 5.91 Å². The highest BCUT2D eigenvalue weighted by molar-refractivity contribution is 7.98. The van der Waals surface area contributed by atoms with Crippen molar-refractivity contribution in [2.45, 2.75) is 23.8 Å². The third kappa shape index (κ3) is 3.23. The smallest absolute Gasteiger partial charge is 0.251 e. The van der Waals surface area contributed by atoms with E-state index in [0.29, 0.717) is 18.0 Å². The second-order valence-electron chi connectivity index (χ2n) is 4.38. The van der Waals surface area contributed by atoms with Crippen molar-refractivity contribution >= 4 is 17.7 Å². The van der Waals surface area contributed by atoms with Gasteiger partial charge in [-0.15, -0.1) is 11.8 Å². The van der Waals surface area contributed by atoms with Crippen LogP contribution >= 0.6 is 11.8 Å². The number of nitrogens with one attached hydrogen (secondary N) is 1. The van der Waals surface area contributed by atoms with Gasteiger partial charge < -0.3 is 11.1 Å². The maximum atomic E-state index is 12.0. The summed E-state index contributed by atoms with van der Waals surface area (Å²) in [5.74, 6) is 0.578. The Morgan fingerprint density at radius 2 is 2.12 bits per heavy atom. The maximum Gasteiger partial charge on any atom is 0.251 e. The Labute approximate surface area is 106 Å². The average molecular weight is 250 g/mol. The second-order valence-corrected chi connectivity index (χ2v) is 5.26. The molecule has 1 unspecified atom stereocenters. The summed E-state index contributed by atoms with van der Waals surface area (Å²) in [7, 11) is 0. The van der Waals surface area contributed by atoms with E-state index in [4.69, 9.17) is 5.73 Å². The molecule has 4 heteroatoms. The van der Waals surface area contributed by atoms with E-state index >= 15 is 0 Å². The van der Waals surface area contributed by atoms with Crippen LogP contribution < -0.4 is 11.1 Å². The zero-order valence-electron chi connectivity index (χ0n) is 9.98. The Morgan fingerprint density at radius 3 is 2.59 bits per heavy atom. The van der Waals surface area contributed by atoms with Crippen molar-refractivity contribution in [2.24, 2.45) is 11.7 Å². The molecule has 0 aromatic heterocycles. The van der Waals surface area contributed by atoms with Crippen LogP contribution in [0.2, 0.25) is 0 Å². The second kappa shape index (κ2) is 5.56. The van der Waals surface area contributed by atoms with Gasteiger partial charge in [-0.3, -0.25) is 4.79 Å². The van der Waals surface area contributed by atoms with Crippen LogP contribution in [-0.4, -0.2) is 24.7 Å². The average Bonchev–Trinajstić information content (AvgIpc) is 3.20. The predicted molar refractivity (Wildman–Crippen MR) is 71.3 cm³/mol. The molecule has 1 aromatic carbocycles. The Balaban J connectivity index is 1.97. The number of amides is 1. The zero-order chi connectivity index (χ0) is 12.3. The van der Waals surface area contributed by atoms with Gasteiger partial charge in [0.05, 0.1) is 0 Å². The summed E-state index contributed by atoms with van der Waals surface area (Å²) < 4.78 is 0. The standard InChI is InChI=1S/C13H18N2OS/c1-17-11-6-4-10(5-7-11)13(16)15-12(8-14)9-2-3-9/h4-7,9,12H,2-3,8,14H2,1H3,(H,15,16). The molecule has 1 aliphatic carbocycles. The molecule has 0 bridgehead atoms. The fourth-order valence-corrected chi connectivity index (χ4v) is 2.27. The minimum atomic E-state index is -0.0139. The molecule has 0 saturated heterocycles. The number of thioether (sulfide) groups is 1. The van der Waals surface area contributed by atoms with E-state index in [9.17, 15) is 4.79 Å². The molecule has 92 valence electrons. The molecule has 3 N–H and O–H groups in total. The van der Waals surface area contributed by atoms with Crippen LogP contribution in [0.1, 0.15) is 23.2 Å². The molecule has 1 amide bonds. The lowest BCUT2D eigenvalue weighted by Gasteiger charge is -2.16. The maximum absolute atomic E-state index is 12.0. The van der Waals surface area contributed by atoms with Crippen LogP contribution in [0.4, 0.5) is 0 Å². The molecule has 1 aliphatic rings. The van der Waals surface area contributed by atoms with Gasteiger partial charge in [-0.05, 0) is 49.3 Å². The molecule has 0 heterocycles. The number of nitrogens with two attached hydrogens (primary N) is 1. The van der Waals surface area contributed by atoms with Gasteiger partial charge in [0.15, 0.2) is 0 Å². The van der Waals surface area contributed by atoms with Crippen molar-refractivity contribution in [3.8, 4) is 0 Å². The fraction of sp³-hybridized carbons (Fsp3) is 0.462. The van der Waals surface area contributed by atoms with Crippen molar-refractivity contribution in [3.63, 3.8) is 0 Å². The summed E-state index contributed by atoms with van der Waals surface area (Å²) in [4.78, 5) is 13.1. The van der Waals surface area contributed by atoms with Gasteiger partial charge in [-0.25, -0.2) is 0 Å². The Bertz CT molecular complexity index is 387. The molecule has 0 spiro atoms. The molecule has 1 atom stereocenters. The van der Waals surface area contributed by atoms with Crippen LogP contribution in [0.3, 0.4) is 0 Å². The number of rotatable bonds is 5. The monoisotopic (exact) mass is 250 g/mol. The largest absolute Gasteiger partial charge is 0.348 e. The molecule has 2 rings (SSSR count). The van der Waals surface area contributed by atoms with Crippen LogP contribution in [0, 0.1) is 5.92 Å². The van der Waals surface area contributed by atoms with Gasteiger partial charge in [0, 0.05) is 23.0 Å². The van der Waals surface area contributed by atoms with E-state index in [1.807, 2.05) is 30.5 Å². The number of carbonyl (C=O) groups excluding carboxylic acids is 1. The highest BCUT2D eigenvalue weighted by Gasteiger charge is 2.31. The van der Waals surface area contributed by atoms with Gasteiger partial charge in [0.1, 0.15) is 0 Å². The van der Waals surface area contributed by atoms with Crippen molar-refractivity contribution in [1.29, 1.82) is 0 Å². The van der Waals surface area contributed by atoms with Gasteiger partial charge in [0.2, 0.25) is 0 Å². The topological polar surface area (TPSA) is 55.1 Å². The molecular weight excluding hydrogens is 232 g/mol. The first-order chi connectivity index (χ1) is 8.24. The molecule has 1 saturated carbocycles. The molecule has 0 radical (unpaired) electrons. The summed E-state index contributed by atoms with van der Waals surface area (Å²) in [6.45, 7) is 0.527. The van der Waals surface area contributed by atoms with E-state index in [1.165, 1.54) is 17.7 Å². The number of benzene rings is 1. The lowest BCUT2D eigenvalue weighted by molar-refractivity contribution is 0.0933. The normalized spacial score (nSPS) is 16.6. The Hall–Kier alpha value is -1.00. The SMILES string of the molecule is CSc1ccc(C(=O)NC(CN)C2CC2)cc1. The summed E-state index contributed by atoms with van der Waals surface area (Å²) in [5, 5.41) is 3.01. The Morgan fingerprint density at radius 1 is 1.47 bits per heavy atom. The summed E-state index contributed by atoms with van der Waals surface area (Å²) >= 11 is 1.67. The molecule has 1 fully saturated rings. The van der Waals surface area contributed by atoms with E-state index in [0.717, 1.165) is 0 Å². The van der Waals surface area contributed by atoms with E-state index in [1.54, 1.807) is 11.8 Å². The van der Waals surface area contributed by atoms with E-state index < -0.39 is 0 Å². The van der Waals surface area contributed by atoms with Gasteiger partial charge >= 0.3 is 0 Å². The number of hydrogen-bond acceptors (Lipinski definition) is 3. The van der Waals surface area contributed by atoms with E-state index in [2.05, 4.69) is 5.32 Å². The highest BCUT2D eigenvalue weighted by Crippen LogP contribution is 2.32. The molecule has 1 aromatic rings. The number of hydrogen-bond donors (Lipinski definition) is 2. The van der Waals surface area contributed by atoms with Crippen LogP contribution in [0.15, 0.2) is 29.2 Å².